The van der Waals surface area contributed by atoms with Crippen molar-refractivity contribution in [1.29, 1.82) is 0 Å². The number of sulfonamides is 1. The van der Waals surface area contributed by atoms with Gasteiger partial charge in [-0.15, -0.1) is 0 Å². The van der Waals surface area contributed by atoms with E-state index in [4.69, 9.17) is 0 Å². The standard InChI is InChI=1S/C14H19NO2S/c1-12-6-8-13(9-7-12)18(16,17)15(5)11-10-14(2,3)4/h6-9H,1-5H3. The van der Waals surface area contributed by atoms with Gasteiger partial charge in [0.2, 0.25) is 0 Å². The molecule has 0 atom stereocenters. The fourth-order valence-corrected chi connectivity index (χ4v) is 2.14. The molecule has 3 nitrogen and oxygen atoms in total. The molecule has 0 saturated carbocycles. The van der Waals surface area contributed by atoms with Crippen molar-refractivity contribution in [2.45, 2.75) is 32.6 Å². The van der Waals surface area contributed by atoms with Crippen molar-refractivity contribution >= 4 is 10.0 Å². The molecule has 0 heterocycles. The smallest absolute Gasteiger partial charge is 0.228 e. The van der Waals surface area contributed by atoms with Gasteiger partial charge in [-0.3, -0.25) is 0 Å². The minimum atomic E-state index is -3.52. The number of hydrogen-bond donors (Lipinski definition) is 0. The topological polar surface area (TPSA) is 37.4 Å². The highest BCUT2D eigenvalue weighted by Gasteiger charge is 2.18. The summed E-state index contributed by atoms with van der Waals surface area (Å²) in [6.07, 6.45) is 0. The Morgan fingerprint density at radius 2 is 1.61 bits per heavy atom. The zero-order valence-corrected chi connectivity index (χ0v) is 12.3. The summed E-state index contributed by atoms with van der Waals surface area (Å²) in [4.78, 5) is 0.263. The molecule has 0 aliphatic rings. The van der Waals surface area contributed by atoms with Crippen LogP contribution in [-0.2, 0) is 10.0 Å². The van der Waals surface area contributed by atoms with E-state index in [1.165, 1.54) is 7.05 Å². The van der Waals surface area contributed by atoms with Gasteiger partial charge in [-0.25, -0.2) is 12.7 Å². The third kappa shape index (κ3) is 3.78. The van der Waals surface area contributed by atoms with Gasteiger partial charge in [-0.05, 0) is 39.8 Å². The maximum atomic E-state index is 12.2. The third-order valence-corrected chi connectivity index (χ3v) is 3.95. The summed E-state index contributed by atoms with van der Waals surface area (Å²) >= 11 is 0. The molecule has 1 rings (SSSR count). The first-order chi connectivity index (χ1) is 8.13. The number of rotatable bonds is 2. The van der Waals surface area contributed by atoms with E-state index in [9.17, 15) is 8.42 Å². The van der Waals surface area contributed by atoms with Crippen LogP contribution >= 0.6 is 0 Å². The second-order valence-electron chi connectivity index (χ2n) is 5.27. The van der Waals surface area contributed by atoms with Crippen LogP contribution in [0.4, 0.5) is 0 Å². The maximum absolute atomic E-state index is 12.2. The van der Waals surface area contributed by atoms with Gasteiger partial charge in [0.1, 0.15) is 0 Å². The van der Waals surface area contributed by atoms with E-state index >= 15 is 0 Å². The van der Waals surface area contributed by atoms with Gasteiger partial charge in [0.15, 0.2) is 0 Å². The number of benzene rings is 1. The fourth-order valence-electron chi connectivity index (χ4n) is 1.17. The first-order valence-corrected chi connectivity index (χ1v) is 7.15. The highest BCUT2D eigenvalue weighted by molar-refractivity contribution is 7.89. The average molecular weight is 265 g/mol. The minimum Gasteiger partial charge on any atom is -0.228 e. The van der Waals surface area contributed by atoms with E-state index in [2.05, 4.69) is 12.0 Å². The zero-order chi connectivity index (χ0) is 14.0. The molecule has 98 valence electrons. The summed E-state index contributed by atoms with van der Waals surface area (Å²) in [6.45, 7) is 7.73. The van der Waals surface area contributed by atoms with Crippen LogP contribution in [0.5, 0.6) is 0 Å². The van der Waals surface area contributed by atoms with Crippen LogP contribution < -0.4 is 0 Å². The van der Waals surface area contributed by atoms with Gasteiger partial charge in [0.05, 0.1) is 4.90 Å². The fraction of sp³-hybridized carbons (Fsp3) is 0.429. The van der Waals surface area contributed by atoms with Crippen LogP contribution in [0.3, 0.4) is 0 Å². The van der Waals surface area contributed by atoms with Crippen LogP contribution in [0.25, 0.3) is 0 Å². The monoisotopic (exact) mass is 265 g/mol. The summed E-state index contributed by atoms with van der Waals surface area (Å²) in [5.41, 5.74) is 0.800. The summed E-state index contributed by atoms with van der Waals surface area (Å²) in [6, 6.07) is 9.42. The normalized spacial score (nSPS) is 11.6. The number of aryl methyl sites for hydroxylation is 1. The largest absolute Gasteiger partial charge is 0.270 e. The van der Waals surface area contributed by atoms with Gasteiger partial charge in [0.25, 0.3) is 10.0 Å². The van der Waals surface area contributed by atoms with Crippen molar-refractivity contribution in [3.05, 3.63) is 29.8 Å². The molecule has 1 aromatic carbocycles. The van der Waals surface area contributed by atoms with Crippen LogP contribution in [0.2, 0.25) is 0 Å². The molecule has 18 heavy (non-hydrogen) atoms. The van der Waals surface area contributed by atoms with E-state index in [1.807, 2.05) is 27.7 Å². The SMILES string of the molecule is Cc1ccc(S(=O)(=O)N(C)C#CC(C)(C)C)cc1. The number of nitrogens with zero attached hydrogens (tertiary/aromatic N) is 1. The first-order valence-electron chi connectivity index (χ1n) is 5.71. The lowest BCUT2D eigenvalue weighted by Crippen LogP contribution is -2.22. The molecule has 0 amide bonds. The molecule has 0 fully saturated rings. The second-order valence-corrected chi connectivity index (χ2v) is 7.24. The Morgan fingerprint density at radius 3 is 2.06 bits per heavy atom. The van der Waals surface area contributed by atoms with Gasteiger partial charge in [0, 0.05) is 18.5 Å². The molecule has 0 radical (unpaired) electrons. The molecule has 4 heteroatoms. The van der Waals surface area contributed by atoms with Gasteiger partial charge < -0.3 is 0 Å². The summed E-state index contributed by atoms with van der Waals surface area (Å²) < 4.78 is 25.4. The van der Waals surface area contributed by atoms with Gasteiger partial charge in [-0.1, -0.05) is 23.6 Å². The zero-order valence-electron chi connectivity index (χ0n) is 11.5. The molecule has 0 aromatic heterocycles. The summed E-state index contributed by atoms with van der Waals surface area (Å²) in [5, 5.41) is 0. The molecular formula is C14H19NO2S. The van der Waals surface area contributed by atoms with Crippen LogP contribution in [0.1, 0.15) is 26.3 Å². The Morgan fingerprint density at radius 1 is 1.11 bits per heavy atom. The quantitative estimate of drug-likeness (QED) is 0.609. The molecular weight excluding hydrogens is 246 g/mol. The third-order valence-electron chi connectivity index (χ3n) is 2.27. The molecule has 0 aliphatic carbocycles. The predicted molar refractivity (Wildman–Crippen MR) is 73.4 cm³/mol. The Bertz CT molecular complexity index is 569. The van der Waals surface area contributed by atoms with Crippen LogP contribution in [0.15, 0.2) is 29.2 Å². The van der Waals surface area contributed by atoms with Crippen molar-refractivity contribution in [3.8, 4) is 12.0 Å². The van der Waals surface area contributed by atoms with E-state index in [0.717, 1.165) is 9.87 Å². The molecule has 0 bridgehead atoms. The van der Waals surface area contributed by atoms with E-state index in [-0.39, 0.29) is 10.3 Å². The molecule has 0 N–H and O–H groups in total. The van der Waals surface area contributed by atoms with Crippen molar-refractivity contribution in [2.24, 2.45) is 5.41 Å². The van der Waals surface area contributed by atoms with Crippen LogP contribution in [0, 0.1) is 24.3 Å². The van der Waals surface area contributed by atoms with Crippen molar-refractivity contribution in [3.63, 3.8) is 0 Å². The van der Waals surface area contributed by atoms with Crippen molar-refractivity contribution in [2.75, 3.05) is 7.05 Å². The lowest BCUT2D eigenvalue weighted by Gasteiger charge is -2.14. The highest BCUT2D eigenvalue weighted by Crippen LogP contribution is 2.15. The Hall–Kier alpha value is -1.47. The van der Waals surface area contributed by atoms with Crippen molar-refractivity contribution < 1.29 is 8.42 Å². The molecule has 0 saturated heterocycles. The predicted octanol–water partition coefficient (Wildman–Crippen LogP) is 2.62. The molecule has 0 aliphatic heterocycles. The highest BCUT2D eigenvalue weighted by atomic mass is 32.2. The average Bonchev–Trinajstić information content (AvgIpc) is 2.25. The van der Waals surface area contributed by atoms with E-state index in [1.54, 1.807) is 24.3 Å². The van der Waals surface area contributed by atoms with E-state index < -0.39 is 10.0 Å². The minimum absolute atomic E-state index is 0.225. The molecule has 0 spiro atoms. The first kappa shape index (κ1) is 14.6. The second kappa shape index (κ2) is 5.03. The van der Waals surface area contributed by atoms with Gasteiger partial charge >= 0.3 is 0 Å². The lowest BCUT2D eigenvalue weighted by molar-refractivity contribution is 0.540. The number of hydrogen-bond acceptors (Lipinski definition) is 2. The molecule has 0 unspecified atom stereocenters. The maximum Gasteiger partial charge on any atom is 0.270 e. The van der Waals surface area contributed by atoms with Crippen LogP contribution in [-0.4, -0.2) is 19.8 Å². The summed E-state index contributed by atoms with van der Waals surface area (Å²) in [5.74, 6) is 2.91. The van der Waals surface area contributed by atoms with E-state index in [0.29, 0.717) is 0 Å². The molecule has 1 aromatic rings. The Kier molecular flexibility index (Phi) is 4.08. The van der Waals surface area contributed by atoms with Crippen molar-refractivity contribution in [1.82, 2.24) is 4.31 Å². The summed E-state index contributed by atoms with van der Waals surface area (Å²) in [7, 11) is -2.05. The Balaban J connectivity index is 3.07. The van der Waals surface area contributed by atoms with Gasteiger partial charge in [-0.2, -0.15) is 0 Å². The lowest BCUT2D eigenvalue weighted by atomic mass is 9.99. The Labute approximate surface area is 110 Å².